The van der Waals surface area contributed by atoms with Gasteiger partial charge in [-0.25, -0.2) is 0 Å². The Morgan fingerprint density at radius 2 is 1.41 bits per heavy atom. The fraction of sp³-hybridized carbons (Fsp3) is 0.783. The zero-order valence-corrected chi connectivity index (χ0v) is 18.7. The summed E-state index contributed by atoms with van der Waals surface area (Å²) in [6.45, 7) is 7.02. The maximum atomic E-state index is 11.7. The van der Waals surface area contributed by atoms with Crippen LogP contribution in [-0.2, 0) is 4.79 Å². The number of nitrogens with zero attached hydrogens (tertiary/aromatic N) is 1. The molecule has 0 bridgehead atoms. The number of quaternary nitrogens is 1. The molecule has 0 fully saturated rings. The van der Waals surface area contributed by atoms with Crippen molar-refractivity contribution < 1.29 is 29.7 Å². The van der Waals surface area contributed by atoms with Crippen LogP contribution in [-0.4, -0.2) is 75.9 Å². The molecule has 6 heteroatoms. The van der Waals surface area contributed by atoms with Gasteiger partial charge >= 0.3 is 5.97 Å². The summed E-state index contributed by atoms with van der Waals surface area (Å²) in [5, 5.41) is 40.5. The number of rotatable bonds is 18. The Bertz CT molecular complexity index is 452. The van der Waals surface area contributed by atoms with Crippen molar-refractivity contribution in [2.75, 3.05) is 32.8 Å². The van der Waals surface area contributed by atoms with Crippen LogP contribution >= 0.6 is 0 Å². The minimum absolute atomic E-state index is 0.105. The maximum absolute atomic E-state index is 11.7. The van der Waals surface area contributed by atoms with E-state index in [0.29, 0.717) is 45.4 Å². The van der Waals surface area contributed by atoms with Gasteiger partial charge in [-0.3, -0.25) is 4.79 Å². The lowest BCUT2D eigenvalue weighted by molar-refractivity contribution is -0.936. The van der Waals surface area contributed by atoms with Gasteiger partial charge in [-0.2, -0.15) is 0 Å². The molecule has 0 spiro atoms. The Morgan fingerprint density at radius 1 is 0.931 bits per heavy atom. The number of aliphatic hydroxyl groups excluding tert-OH is 3. The average Bonchev–Trinajstić information content (AvgIpc) is 2.66. The molecule has 0 radical (unpaired) electrons. The first-order valence-electron chi connectivity index (χ1n) is 11.1. The van der Waals surface area contributed by atoms with Crippen molar-refractivity contribution in [2.24, 2.45) is 5.92 Å². The lowest BCUT2D eigenvalue weighted by Gasteiger charge is -2.42. The SMILES string of the molecule is C/C=C/CCCC(O)C[N+](CCO)(CC(O)CCC/C=C/C)CC(CC)C(=O)O. The van der Waals surface area contributed by atoms with Crippen molar-refractivity contribution in [3.63, 3.8) is 0 Å². The van der Waals surface area contributed by atoms with E-state index in [1.54, 1.807) is 0 Å². The van der Waals surface area contributed by atoms with Gasteiger partial charge in [-0.1, -0.05) is 31.2 Å². The molecule has 0 aromatic rings. The van der Waals surface area contributed by atoms with Gasteiger partial charge < -0.3 is 24.9 Å². The minimum Gasteiger partial charge on any atom is -0.481 e. The van der Waals surface area contributed by atoms with Gasteiger partial charge in [-0.15, -0.1) is 0 Å². The van der Waals surface area contributed by atoms with Crippen LogP contribution < -0.4 is 0 Å². The van der Waals surface area contributed by atoms with Crippen LogP contribution in [0.1, 0.15) is 65.7 Å². The van der Waals surface area contributed by atoms with Crippen LogP contribution in [0.3, 0.4) is 0 Å². The standard InChI is InChI=1S/C23H43NO5/c1-4-7-9-11-13-21(26)18-24(15-16-25,17-20(6-3)23(28)29)19-22(27)14-12-10-8-5-2/h4-5,7-8,20-22,25-27H,6,9-19H2,1-3H3/p+1/b7-4+,8-5+. The molecule has 0 aromatic carbocycles. The first-order valence-corrected chi connectivity index (χ1v) is 11.1. The van der Waals surface area contributed by atoms with E-state index >= 15 is 0 Å². The number of aliphatic hydroxyl groups is 3. The highest BCUT2D eigenvalue weighted by Crippen LogP contribution is 2.20. The third-order valence-electron chi connectivity index (χ3n) is 5.51. The van der Waals surface area contributed by atoms with Gasteiger partial charge in [0, 0.05) is 0 Å². The highest BCUT2D eigenvalue weighted by molar-refractivity contribution is 5.69. The second kappa shape index (κ2) is 16.6. The number of hydrogen-bond donors (Lipinski definition) is 4. The summed E-state index contributed by atoms with van der Waals surface area (Å²) >= 11 is 0. The Labute approximate surface area is 177 Å². The Kier molecular flexibility index (Phi) is 15.9. The molecule has 170 valence electrons. The lowest BCUT2D eigenvalue weighted by Crippen LogP contribution is -2.59. The van der Waals surface area contributed by atoms with Crippen LogP contribution in [0.4, 0.5) is 0 Å². The Balaban J connectivity index is 5.27. The third kappa shape index (κ3) is 12.9. The molecule has 3 unspecified atom stereocenters. The first kappa shape index (κ1) is 27.8. The third-order valence-corrected chi connectivity index (χ3v) is 5.51. The average molecular weight is 415 g/mol. The van der Waals surface area contributed by atoms with Crippen molar-refractivity contribution in [3.8, 4) is 0 Å². The van der Waals surface area contributed by atoms with Gasteiger partial charge in [0.15, 0.2) is 0 Å². The summed E-state index contributed by atoms with van der Waals surface area (Å²) in [5.41, 5.74) is 0. The van der Waals surface area contributed by atoms with Crippen molar-refractivity contribution in [1.29, 1.82) is 0 Å². The van der Waals surface area contributed by atoms with Crippen LogP contribution in [0.5, 0.6) is 0 Å². The number of aliphatic carboxylic acids is 1. The molecular weight excluding hydrogens is 370 g/mol. The smallest absolute Gasteiger partial charge is 0.312 e. The predicted octanol–water partition coefficient (Wildman–Crippen LogP) is 3.12. The van der Waals surface area contributed by atoms with Crippen molar-refractivity contribution in [3.05, 3.63) is 24.3 Å². The largest absolute Gasteiger partial charge is 0.481 e. The predicted molar refractivity (Wildman–Crippen MR) is 118 cm³/mol. The van der Waals surface area contributed by atoms with Gasteiger partial charge in [-0.05, 0) is 58.8 Å². The molecule has 0 aliphatic rings. The summed E-state index contributed by atoms with van der Waals surface area (Å²) < 4.78 is 0.233. The molecule has 4 N–H and O–H groups in total. The fourth-order valence-corrected chi connectivity index (χ4v) is 3.91. The normalized spacial score (nSPS) is 17.4. The van der Waals surface area contributed by atoms with E-state index in [9.17, 15) is 25.2 Å². The van der Waals surface area contributed by atoms with E-state index in [1.165, 1.54) is 0 Å². The van der Waals surface area contributed by atoms with E-state index in [4.69, 9.17) is 0 Å². The molecule has 3 atom stereocenters. The summed E-state index contributed by atoms with van der Waals surface area (Å²) in [6, 6.07) is 0. The molecule has 0 amide bonds. The zero-order valence-electron chi connectivity index (χ0n) is 18.7. The molecule has 0 heterocycles. The second-order valence-electron chi connectivity index (χ2n) is 8.09. The van der Waals surface area contributed by atoms with Crippen LogP contribution in [0.25, 0.3) is 0 Å². The topological polar surface area (TPSA) is 98.0 Å². The number of hydrogen-bond acceptors (Lipinski definition) is 4. The first-order chi connectivity index (χ1) is 13.8. The Morgan fingerprint density at radius 3 is 1.76 bits per heavy atom. The molecule has 0 aliphatic carbocycles. The molecule has 29 heavy (non-hydrogen) atoms. The molecular formula is C23H44NO5+. The molecule has 0 aromatic heterocycles. The van der Waals surface area contributed by atoms with E-state index in [1.807, 2.05) is 32.9 Å². The van der Waals surface area contributed by atoms with Gasteiger partial charge in [0.2, 0.25) is 0 Å². The highest BCUT2D eigenvalue weighted by Gasteiger charge is 2.36. The van der Waals surface area contributed by atoms with E-state index in [-0.39, 0.29) is 11.1 Å². The van der Waals surface area contributed by atoms with Crippen molar-refractivity contribution in [1.82, 2.24) is 0 Å². The minimum atomic E-state index is -0.863. The Hall–Kier alpha value is -1.21. The monoisotopic (exact) mass is 414 g/mol. The number of carboxylic acids is 1. The summed E-state index contributed by atoms with van der Waals surface area (Å²) in [7, 11) is 0. The summed E-state index contributed by atoms with van der Waals surface area (Å²) in [5.74, 6) is -1.43. The van der Waals surface area contributed by atoms with Gasteiger partial charge in [0.05, 0.1) is 13.2 Å². The molecule has 0 saturated heterocycles. The number of allylic oxidation sites excluding steroid dienone is 4. The number of carbonyl (C=O) groups is 1. The number of unbranched alkanes of at least 4 members (excludes halogenated alkanes) is 2. The van der Waals surface area contributed by atoms with Crippen molar-refractivity contribution in [2.45, 2.75) is 77.9 Å². The number of carboxylic acid groups (broad SMARTS) is 1. The van der Waals surface area contributed by atoms with Gasteiger partial charge in [0.25, 0.3) is 0 Å². The van der Waals surface area contributed by atoms with Crippen LogP contribution in [0, 0.1) is 5.92 Å². The fourth-order valence-electron chi connectivity index (χ4n) is 3.91. The molecule has 0 saturated carbocycles. The molecule has 6 nitrogen and oxygen atoms in total. The second-order valence-corrected chi connectivity index (χ2v) is 8.09. The van der Waals surface area contributed by atoms with Crippen LogP contribution in [0.2, 0.25) is 0 Å². The van der Waals surface area contributed by atoms with Crippen LogP contribution in [0.15, 0.2) is 24.3 Å². The lowest BCUT2D eigenvalue weighted by atomic mass is 10.0. The summed E-state index contributed by atoms with van der Waals surface area (Å²) in [6.07, 6.45) is 12.2. The van der Waals surface area contributed by atoms with E-state index in [2.05, 4.69) is 12.2 Å². The zero-order chi connectivity index (χ0) is 22.1. The molecule has 0 aliphatic heterocycles. The highest BCUT2D eigenvalue weighted by atomic mass is 16.4. The molecule has 0 rings (SSSR count). The quantitative estimate of drug-likeness (QED) is 0.157. The van der Waals surface area contributed by atoms with Crippen molar-refractivity contribution >= 4 is 5.97 Å². The maximum Gasteiger partial charge on any atom is 0.312 e. The van der Waals surface area contributed by atoms with E-state index in [0.717, 1.165) is 25.7 Å². The summed E-state index contributed by atoms with van der Waals surface area (Å²) in [4.78, 5) is 11.7. The van der Waals surface area contributed by atoms with Gasteiger partial charge in [0.1, 0.15) is 37.8 Å². The van der Waals surface area contributed by atoms with E-state index < -0.39 is 24.1 Å².